The first-order valence-corrected chi connectivity index (χ1v) is 5.21. The van der Waals surface area contributed by atoms with Crippen LogP contribution in [0.15, 0.2) is 23.4 Å². The standard InChI is InChI=1S/C10H8ClN3O3/c1-2-17-10(16)6-3-13-8-4-12-7(11)5-14(8)9(6)15/h3-5H,2H2,1H3. The van der Waals surface area contributed by atoms with Crippen LogP contribution in [0, 0.1) is 0 Å². The van der Waals surface area contributed by atoms with Crippen LogP contribution in [0.2, 0.25) is 5.15 Å². The molecule has 0 aliphatic carbocycles. The second-order valence-electron chi connectivity index (χ2n) is 3.14. The summed E-state index contributed by atoms with van der Waals surface area (Å²) < 4.78 is 5.90. The maximum absolute atomic E-state index is 11.9. The van der Waals surface area contributed by atoms with Gasteiger partial charge < -0.3 is 4.74 Å². The highest BCUT2D eigenvalue weighted by molar-refractivity contribution is 6.29. The number of esters is 1. The van der Waals surface area contributed by atoms with Crippen molar-refractivity contribution in [2.24, 2.45) is 0 Å². The molecule has 0 amide bonds. The molecule has 2 aromatic heterocycles. The monoisotopic (exact) mass is 253 g/mol. The zero-order valence-electron chi connectivity index (χ0n) is 8.88. The Morgan fingerprint density at radius 2 is 2.24 bits per heavy atom. The normalized spacial score (nSPS) is 10.5. The van der Waals surface area contributed by atoms with Crippen LogP contribution in [0.3, 0.4) is 0 Å². The van der Waals surface area contributed by atoms with Crippen molar-refractivity contribution in [3.8, 4) is 0 Å². The number of hydrogen-bond acceptors (Lipinski definition) is 5. The molecule has 2 aromatic rings. The lowest BCUT2D eigenvalue weighted by Crippen LogP contribution is -2.24. The third-order valence-corrected chi connectivity index (χ3v) is 2.25. The fourth-order valence-electron chi connectivity index (χ4n) is 1.31. The van der Waals surface area contributed by atoms with Crippen molar-refractivity contribution < 1.29 is 9.53 Å². The summed E-state index contributed by atoms with van der Waals surface area (Å²) in [6, 6.07) is 0. The van der Waals surface area contributed by atoms with E-state index in [1.54, 1.807) is 6.92 Å². The van der Waals surface area contributed by atoms with Crippen LogP contribution < -0.4 is 5.56 Å². The lowest BCUT2D eigenvalue weighted by atomic mass is 10.3. The van der Waals surface area contributed by atoms with E-state index in [0.717, 1.165) is 4.40 Å². The minimum Gasteiger partial charge on any atom is -0.462 e. The van der Waals surface area contributed by atoms with E-state index in [4.69, 9.17) is 16.3 Å². The van der Waals surface area contributed by atoms with Crippen LogP contribution in [-0.2, 0) is 4.74 Å². The van der Waals surface area contributed by atoms with E-state index in [1.165, 1.54) is 18.6 Å². The minimum absolute atomic E-state index is 0.133. The second-order valence-corrected chi connectivity index (χ2v) is 3.52. The molecule has 0 saturated heterocycles. The first-order chi connectivity index (χ1) is 8.13. The summed E-state index contributed by atoms with van der Waals surface area (Å²) in [6.07, 6.45) is 3.82. The Bertz CT molecular complexity index is 638. The molecule has 6 nitrogen and oxygen atoms in total. The van der Waals surface area contributed by atoms with Gasteiger partial charge in [-0.2, -0.15) is 0 Å². The third kappa shape index (κ3) is 2.12. The smallest absolute Gasteiger partial charge is 0.345 e. The van der Waals surface area contributed by atoms with E-state index in [2.05, 4.69) is 9.97 Å². The zero-order valence-corrected chi connectivity index (χ0v) is 9.64. The molecule has 0 N–H and O–H groups in total. The van der Waals surface area contributed by atoms with Gasteiger partial charge in [-0.3, -0.25) is 9.20 Å². The molecule has 0 radical (unpaired) electrons. The molecule has 2 heterocycles. The Kier molecular flexibility index (Phi) is 3.06. The van der Waals surface area contributed by atoms with Crippen molar-refractivity contribution in [1.29, 1.82) is 0 Å². The van der Waals surface area contributed by atoms with Crippen molar-refractivity contribution in [2.75, 3.05) is 6.61 Å². The molecular formula is C10H8ClN3O3. The summed E-state index contributed by atoms with van der Waals surface area (Å²) in [4.78, 5) is 31.1. The van der Waals surface area contributed by atoms with Crippen molar-refractivity contribution in [2.45, 2.75) is 6.92 Å². The van der Waals surface area contributed by atoms with Gasteiger partial charge in [-0.05, 0) is 6.92 Å². The highest BCUT2D eigenvalue weighted by Gasteiger charge is 2.14. The number of halogens is 1. The van der Waals surface area contributed by atoms with Gasteiger partial charge in [0, 0.05) is 6.20 Å². The molecular weight excluding hydrogens is 246 g/mol. The molecule has 2 rings (SSSR count). The van der Waals surface area contributed by atoms with Crippen molar-refractivity contribution in [1.82, 2.24) is 14.4 Å². The van der Waals surface area contributed by atoms with Gasteiger partial charge in [0.15, 0.2) is 5.65 Å². The first-order valence-electron chi connectivity index (χ1n) is 4.83. The van der Waals surface area contributed by atoms with Crippen LogP contribution in [0.1, 0.15) is 17.3 Å². The van der Waals surface area contributed by atoms with Crippen molar-refractivity contribution in [3.63, 3.8) is 0 Å². The molecule has 0 fully saturated rings. The average Bonchev–Trinajstić information content (AvgIpc) is 2.30. The molecule has 88 valence electrons. The van der Waals surface area contributed by atoms with E-state index in [1.807, 2.05) is 0 Å². The number of carbonyl (C=O) groups is 1. The third-order valence-electron chi connectivity index (χ3n) is 2.06. The van der Waals surface area contributed by atoms with Crippen LogP contribution >= 0.6 is 11.6 Å². The Labute approximate surface area is 101 Å². The first kappa shape index (κ1) is 11.5. The largest absolute Gasteiger partial charge is 0.462 e. The van der Waals surface area contributed by atoms with Gasteiger partial charge in [0.05, 0.1) is 19.0 Å². The van der Waals surface area contributed by atoms with E-state index in [-0.39, 0.29) is 17.3 Å². The van der Waals surface area contributed by atoms with Gasteiger partial charge in [-0.25, -0.2) is 14.8 Å². The highest BCUT2D eigenvalue weighted by Crippen LogP contribution is 2.04. The predicted octanol–water partition coefficient (Wildman–Crippen LogP) is 0.920. The molecule has 0 unspecified atom stereocenters. The molecule has 0 atom stereocenters. The molecule has 0 saturated carbocycles. The SMILES string of the molecule is CCOC(=O)c1cnc2cnc(Cl)cn2c1=O. The molecule has 0 aliphatic heterocycles. The summed E-state index contributed by atoms with van der Waals surface area (Å²) >= 11 is 5.67. The number of nitrogens with zero attached hydrogens (tertiary/aromatic N) is 3. The molecule has 0 aliphatic rings. The number of rotatable bonds is 2. The zero-order chi connectivity index (χ0) is 12.4. The van der Waals surface area contributed by atoms with Gasteiger partial charge in [0.25, 0.3) is 5.56 Å². The molecule has 0 bridgehead atoms. The fraction of sp³-hybridized carbons (Fsp3) is 0.200. The summed E-state index contributed by atoms with van der Waals surface area (Å²) in [6.45, 7) is 1.85. The molecule has 0 spiro atoms. The number of ether oxygens (including phenoxy) is 1. The fourth-order valence-corrected chi connectivity index (χ4v) is 1.46. The van der Waals surface area contributed by atoms with Crippen LogP contribution in [0.4, 0.5) is 0 Å². The second kappa shape index (κ2) is 4.50. The van der Waals surface area contributed by atoms with Gasteiger partial charge >= 0.3 is 5.97 Å². The summed E-state index contributed by atoms with van der Waals surface area (Å²) in [5.41, 5.74) is -0.350. The van der Waals surface area contributed by atoms with Crippen molar-refractivity contribution in [3.05, 3.63) is 39.7 Å². The Morgan fingerprint density at radius 3 is 2.94 bits per heavy atom. The van der Waals surface area contributed by atoms with E-state index < -0.39 is 11.5 Å². The Hall–Kier alpha value is -1.95. The summed E-state index contributed by atoms with van der Waals surface area (Å²) in [5.74, 6) is -0.702. The minimum atomic E-state index is -0.702. The maximum Gasteiger partial charge on any atom is 0.345 e. The van der Waals surface area contributed by atoms with E-state index >= 15 is 0 Å². The molecule has 0 aromatic carbocycles. The van der Waals surface area contributed by atoms with Gasteiger partial charge in [-0.1, -0.05) is 11.6 Å². The maximum atomic E-state index is 11.9. The van der Waals surface area contributed by atoms with Gasteiger partial charge in [-0.15, -0.1) is 0 Å². The molecule has 17 heavy (non-hydrogen) atoms. The number of hydrogen-bond donors (Lipinski definition) is 0. The summed E-state index contributed by atoms with van der Waals surface area (Å²) in [7, 11) is 0. The lowest BCUT2D eigenvalue weighted by molar-refractivity contribution is 0.0523. The van der Waals surface area contributed by atoms with Crippen LogP contribution in [-0.4, -0.2) is 26.9 Å². The van der Waals surface area contributed by atoms with Crippen molar-refractivity contribution >= 4 is 23.2 Å². The van der Waals surface area contributed by atoms with Gasteiger partial charge in [0.2, 0.25) is 0 Å². The van der Waals surface area contributed by atoms with Crippen LogP contribution in [0.5, 0.6) is 0 Å². The lowest BCUT2D eigenvalue weighted by Gasteiger charge is -2.03. The van der Waals surface area contributed by atoms with E-state index in [9.17, 15) is 9.59 Å². The Balaban J connectivity index is 2.65. The number of aromatic nitrogens is 3. The topological polar surface area (TPSA) is 73.6 Å². The van der Waals surface area contributed by atoms with Gasteiger partial charge in [0.1, 0.15) is 10.7 Å². The quantitative estimate of drug-likeness (QED) is 0.744. The Morgan fingerprint density at radius 1 is 1.47 bits per heavy atom. The van der Waals surface area contributed by atoms with E-state index in [0.29, 0.717) is 5.65 Å². The summed E-state index contributed by atoms with van der Waals surface area (Å²) in [5, 5.41) is 0.141. The predicted molar refractivity (Wildman–Crippen MR) is 60.2 cm³/mol. The average molecular weight is 254 g/mol. The highest BCUT2D eigenvalue weighted by atomic mass is 35.5. The van der Waals surface area contributed by atoms with Crippen LogP contribution in [0.25, 0.3) is 5.65 Å². The number of carbonyl (C=O) groups excluding carboxylic acids is 1. The molecule has 7 heteroatoms. The number of fused-ring (bicyclic) bond motifs is 1.